The molecule has 0 radical (unpaired) electrons. The molecule has 0 N–H and O–H groups in total. The lowest BCUT2D eigenvalue weighted by molar-refractivity contribution is -0.384. The average molecular weight is 386 g/mol. The summed E-state index contributed by atoms with van der Waals surface area (Å²) in [6.07, 6.45) is 4.73. The van der Waals surface area contributed by atoms with Crippen LogP contribution in [0.5, 0.6) is 0 Å². The number of benzene rings is 2. The van der Waals surface area contributed by atoms with Crippen molar-refractivity contribution in [2.45, 2.75) is 25.7 Å². The molecule has 5 heteroatoms. The Morgan fingerprint density at radius 1 is 0.929 bits per heavy atom. The summed E-state index contributed by atoms with van der Waals surface area (Å²) in [4.78, 5) is 18.1. The standard InChI is InChI=1S/C23H18N2O2S/c26-25(27)17-12-10-16(11-13-17)20-14-19(15-6-2-1-3-7-15)22-18-8-4-5-9-21(18)28-23(22)24-20/h1-3,6-7,10-14H,4-5,8-9H2. The molecule has 2 aromatic carbocycles. The van der Waals surface area contributed by atoms with Crippen LogP contribution in [-0.4, -0.2) is 9.91 Å². The van der Waals surface area contributed by atoms with Crippen molar-refractivity contribution in [3.63, 3.8) is 0 Å². The van der Waals surface area contributed by atoms with Crippen LogP contribution < -0.4 is 0 Å². The second kappa shape index (κ2) is 6.84. The van der Waals surface area contributed by atoms with Gasteiger partial charge >= 0.3 is 0 Å². The molecule has 0 aliphatic heterocycles. The molecule has 0 amide bonds. The molecule has 28 heavy (non-hydrogen) atoms. The first-order chi connectivity index (χ1) is 13.7. The monoisotopic (exact) mass is 386 g/mol. The van der Waals surface area contributed by atoms with Crippen molar-refractivity contribution in [1.29, 1.82) is 0 Å². The van der Waals surface area contributed by atoms with Gasteiger partial charge in [0.1, 0.15) is 4.83 Å². The smallest absolute Gasteiger partial charge is 0.258 e. The Morgan fingerprint density at radius 3 is 2.43 bits per heavy atom. The molecule has 0 unspecified atom stereocenters. The number of fused-ring (bicyclic) bond motifs is 3. The van der Waals surface area contributed by atoms with Crippen LogP contribution in [-0.2, 0) is 12.8 Å². The third-order valence-corrected chi connectivity index (χ3v) is 6.57. The fourth-order valence-electron chi connectivity index (χ4n) is 4.01. The highest BCUT2D eigenvalue weighted by Gasteiger charge is 2.21. The number of nitro benzene ring substituents is 1. The van der Waals surface area contributed by atoms with E-state index in [9.17, 15) is 10.1 Å². The van der Waals surface area contributed by atoms with Crippen LogP contribution in [0.4, 0.5) is 5.69 Å². The summed E-state index contributed by atoms with van der Waals surface area (Å²) >= 11 is 1.81. The number of nitrogens with zero attached hydrogens (tertiary/aromatic N) is 2. The number of aryl methyl sites for hydroxylation is 2. The normalized spacial score (nSPS) is 13.4. The lowest BCUT2D eigenvalue weighted by atomic mass is 9.92. The number of hydrogen-bond donors (Lipinski definition) is 0. The fourth-order valence-corrected chi connectivity index (χ4v) is 5.29. The zero-order valence-corrected chi connectivity index (χ0v) is 16.0. The van der Waals surface area contributed by atoms with E-state index in [0.29, 0.717) is 0 Å². The van der Waals surface area contributed by atoms with E-state index < -0.39 is 0 Å². The zero-order chi connectivity index (χ0) is 19.1. The lowest BCUT2D eigenvalue weighted by Gasteiger charge is -2.13. The molecule has 4 aromatic rings. The van der Waals surface area contributed by atoms with E-state index in [1.807, 2.05) is 6.07 Å². The number of rotatable bonds is 3. The minimum absolute atomic E-state index is 0.0969. The molecular formula is C23H18N2O2S. The van der Waals surface area contributed by atoms with Crippen molar-refractivity contribution in [3.05, 3.63) is 81.2 Å². The molecule has 4 nitrogen and oxygen atoms in total. The molecule has 5 rings (SSSR count). The number of hydrogen-bond acceptors (Lipinski definition) is 4. The predicted molar refractivity (Wildman–Crippen MR) is 114 cm³/mol. The first-order valence-electron chi connectivity index (χ1n) is 9.46. The van der Waals surface area contributed by atoms with E-state index in [2.05, 4.69) is 30.3 Å². The van der Waals surface area contributed by atoms with Crippen LogP contribution in [0.15, 0.2) is 60.7 Å². The van der Waals surface area contributed by atoms with Crippen LogP contribution in [0.25, 0.3) is 32.6 Å². The van der Waals surface area contributed by atoms with Crippen molar-refractivity contribution >= 4 is 27.2 Å². The maximum Gasteiger partial charge on any atom is 0.269 e. The lowest BCUT2D eigenvalue weighted by Crippen LogP contribution is -1.99. The third kappa shape index (κ3) is 2.88. The number of aromatic nitrogens is 1. The Balaban J connectivity index is 1.74. The minimum Gasteiger partial charge on any atom is -0.258 e. The largest absolute Gasteiger partial charge is 0.269 e. The van der Waals surface area contributed by atoms with E-state index >= 15 is 0 Å². The van der Waals surface area contributed by atoms with Crippen LogP contribution >= 0.6 is 11.3 Å². The van der Waals surface area contributed by atoms with Gasteiger partial charge in [-0.05, 0) is 60.6 Å². The van der Waals surface area contributed by atoms with Gasteiger partial charge in [-0.3, -0.25) is 10.1 Å². The molecule has 0 saturated carbocycles. The Bertz CT molecular complexity index is 1180. The maximum atomic E-state index is 11.0. The van der Waals surface area contributed by atoms with Gasteiger partial charge in [-0.25, -0.2) is 4.98 Å². The minimum atomic E-state index is -0.372. The van der Waals surface area contributed by atoms with Gasteiger partial charge in [0.15, 0.2) is 0 Å². The molecule has 1 aliphatic carbocycles. The van der Waals surface area contributed by atoms with Crippen molar-refractivity contribution < 1.29 is 4.92 Å². The Kier molecular flexibility index (Phi) is 4.17. The quantitative estimate of drug-likeness (QED) is 0.302. The summed E-state index contributed by atoms with van der Waals surface area (Å²) in [5, 5.41) is 12.3. The summed E-state index contributed by atoms with van der Waals surface area (Å²) < 4.78 is 0. The van der Waals surface area contributed by atoms with Crippen LogP contribution in [0.1, 0.15) is 23.3 Å². The number of pyridine rings is 1. The summed E-state index contributed by atoms with van der Waals surface area (Å²) in [5.41, 5.74) is 5.71. The number of non-ortho nitro benzene ring substituents is 1. The van der Waals surface area contributed by atoms with Gasteiger partial charge < -0.3 is 0 Å². The van der Waals surface area contributed by atoms with Crippen molar-refractivity contribution in [3.8, 4) is 22.4 Å². The van der Waals surface area contributed by atoms with E-state index in [-0.39, 0.29) is 10.6 Å². The van der Waals surface area contributed by atoms with Crippen LogP contribution in [0.3, 0.4) is 0 Å². The SMILES string of the molecule is O=[N+]([O-])c1ccc(-c2cc(-c3ccccc3)c3c4c(sc3n2)CCCC4)cc1. The molecule has 0 spiro atoms. The molecule has 1 aliphatic rings. The Labute approximate surface area is 166 Å². The van der Waals surface area contributed by atoms with E-state index in [4.69, 9.17) is 4.98 Å². The first-order valence-corrected chi connectivity index (χ1v) is 10.3. The molecule has 138 valence electrons. The van der Waals surface area contributed by atoms with Gasteiger partial charge in [0.05, 0.1) is 10.6 Å². The van der Waals surface area contributed by atoms with Crippen LogP contribution in [0, 0.1) is 10.1 Å². The highest BCUT2D eigenvalue weighted by atomic mass is 32.1. The molecular weight excluding hydrogens is 368 g/mol. The van der Waals surface area contributed by atoms with Gasteiger partial charge in [-0.15, -0.1) is 11.3 Å². The van der Waals surface area contributed by atoms with Gasteiger partial charge in [-0.2, -0.15) is 0 Å². The summed E-state index contributed by atoms with van der Waals surface area (Å²) in [5.74, 6) is 0. The second-order valence-electron chi connectivity index (χ2n) is 7.12. The van der Waals surface area contributed by atoms with E-state index in [1.165, 1.54) is 39.8 Å². The third-order valence-electron chi connectivity index (χ3n) is 5.38. The Hall–Kier alpha value is -3.05. The summed E-state index contributed by atoms with van der Waals surface area (Å²) in [7, 11) is 0. The molecule has 0 atom stereocenters. The molecule has 0 bridgehead atoms. The van der Waals surface area contributed by atoms with Gasteiger partial charge in [0.25, 0.3) is 5.69 Å². The van der Waals surface area contributed by atoms with E-state index in [1.54, 1.807) is 35.6 Å². The highest BCUT2D eigenvalue weighted by Crippen LogP contribution is 2.42. The van der Waals surface area contributed by atoms with Crippen molar-refractivity contribution in [2.75, 3.05) is 0 Å². The van der Waals surface area contributed by atoms with E-state index in [0.717, 1.165) is 28.9 Å². The summed E-state index contributed by atoms with van der Waals surface area (Å²) in [6, 6.07) is 19.2. The first kappa shape index (κ1) is 17.1. The molecule has 0 saturated heterocycles. The zero-order valence-electron chi connectivity index (χ0n) is 15.2. The number of thiophene rings is 1. The van der Waals surface area contributed by atoms with Gasteiger partial charge in [0, 0.05) is 28.0 Å². The Morgan fingerprint density at radius 2 is 1.68 bits per heavy atom. The summed E-state index contributed by atoms with van der Waals surface area (Å²) in [6.45, 7) is 0. The average Bonchev–Trinajstić information content (AvgIpc) is 3.12. The number of nitro groups is 1. The van der Waals surface area contributed by atoms with Gasteiger partial charge in [0.2, 0.25) is 0 Å². The van der Waals surface area contributed by atoms with Crippen molar-refractivity contribution in [1.82, 2.24) is 4.98 Å². The highest BCUT2D eigenvalue weighted by molar-refractivity contribution is 7.19. The second-order valence-corrected chi connectivity index (χ2v) is 8.20. The maximum absolute atomic E-state index is 11.0. The topological polar surface area (TPSA) is 56.0 Å². The molecule has 2 aromatic heterocycles. The van der Waals surface area contributed by atoms with Crippen LogP contribution in [0.2, 0.25) is 0 Å². The fraction of sp³-hybridized carbons (Fsp3) is 0.174. The van der Waals surface area contributed by atoms with Crippen molar-refractivity contribution in [2.24, 2.45) is 0 Å². The van der Waals surface area contributed by atoms with Gasteiger partial charge in [-0.1, -0.05) is 30.3 Å². The molecule has 2 heterocycles. The molecule has 0 fully saturated rings. The predicted octanol–water partition coefficient (Wildman–Crippen LogP) is 6.42.